The molecule has 1 rings (SSSR count). The molecular formula is C12H14F4N2O3. The van der Waals surface area contributed by atoms with Crippen LogP contribution in [0.2, 0.25) is 0 Å². The minimum atomic E-state index is -4.36. The summed E-state index contributed by atoms with van der Waals surface area (Å²) >= 11 is 0. The number of oxime groups is 1. The van der Waals surface area contributed by atoms with Crippen molar-refractivity contribution in [1.29, 1.82) is 0 Å². The molecular weight excluding hydrogens is 296 g/mol. The Morgan fingerprint density at radius 3 is 2.57 bits per heavy atom. The third-order valence-corrected chi connectivity index (χ3v) is 2.29. The second kappa shape index (κ2) is 7.67. The fourth-order valence-electron chi connectivity index (χ4n) is 1.37. The molecule has 0 saturated carbocycles. The van der Waals surface area contributed by atoms with Gasteiger partial charge in [0.25, 0.3) is 0 Å². The Morgan fingerprint density at radius 1 is 1.29 bits per heavy atom. The number of ether oxygens (including phenoxy) is 2. The lowest BCUT2D eigenvalue weighted by molar-refractivity contribution is -0.174. The molecule has 0 bridgehead atoms. The number of halogens is 4. The minimum Gasteiger partial charge on any atom is -0.490 e. The summed E-state index contributed by atoms with van der Waals surface area (Å²) in [6.07, 6.45) is -4.19. The maximum atomic E-state index is 13.6. The van der Waals surface area contributed by atoms with Gasteiger partial charge >= 0.3 is 6.18 Å². The van der Waals surface area contributed by atoms with E-state index in [2.05, 4.69) is 9.89 Å². The monoisotopic (exact) mass is 310 g/mol. The molecule has 21 heavy (non-hydrogen) atoms. The second-order valence-corrected chi connectivity index (χ2v) is 4.00. The summed E-state index contributed by atoms with van der Waals surface area (Å²) in [5.41, 5.74) is 5.46. The van der Waals surface area contributed by atoms with Crippen molar-refractivity contribution < 1.29 is 32.2 Å². The largest absolute Gasteiger partial charge is 0.490 e. The molecule has 5 nitrogen and oxygen atoms in total. The molecule has 0 amide bonds. The second-order valence-electron chi connectivity index (χ2n) is 4.00. The Balaban J connectivity index is 2.36. The zero-order chi connectivity index (χ0) is 15.9. The number of hydrogen-bond donors (Lipinski definition) is 2. The van der Waals surface area contributed by atoms with Crippen LogP contribution in [0.1, 0.15) is 12.0 Å². The summed E-state index contributed by atoms with van der Waals surface area (Å²) in [6.45, 7) is -1.48. The average Bonchev–Trinajstić information content (AvgIpc) is 2.42. The Morgan fingerprint density at radius 2 is 2.00 bits per heavy atom. The van der Waals surface area contributed by atoms with E-state index in [9.17, 15) is 17.6 Å². The van der Waals surface area contributed by atoms with Crippen molar-refractivity contribution in [3.05, 3.63) is 29.6 Å². The standard InChI is InChI=1S/C12H14F4N2O3/c13-9-6-8(11(17)18-19)2-3-10(9)21-5-1-4-20-7-12(14,15)16/h2-3,6,19H,1,4-5,7H2,(H2,17,18). The maximum absolute atomic E-state index is 13.6. The third-order valence-electron chi connectivity index (χ3n) is 2.29. The first kappa shape index (κ1) is 17.0. The number of hydrogen-bond acceptors (Lipinski definition) is 4. The topological polar surface area (TPSA) is 77.1 Å². The Bertz CT molecular complexity index is 492. The van der Waals surface area contributed by atoms with Crippen LogP contribution in [0.15, 0.2) is 23.4 Å². The summed E-state index contributed by atoms with van der Waals surface area (Å²) in [5.74, 6) is -1.06. The molecule has 3 N–H and O–H groups in total. The van der Waals surface area contributed by atoms with E-state index in [0.717, 1.165) is 6.07 Å². The van der Waals surface area contributed by atoms with Gasteiger partial charge in [-0.2, -0.15) is 13.2 Å². The van der Waals surface area contributed by atoms with Crippen LogP contribution in [-0.2, 0) is 4.74 Å². The molecule has 0 aliphatic carbocycles. The van der Waals surface area contributed by atoms with Crippen molar-refractivity contribution >= 4 is 5.84 Å². The van der Waals surface area contributed by atoms with Gasteiger partial charge in [0.1, 0.15) is 6.61 Å². The molecule has 0 spiro atoms. The lowest BCUT2D eigenvalue weighted by Crippen LogP contribution is -2.18. The number of amidine groups is 1. The fraction of sp³-hybridized carbons (Fsp3) is 0.417. The molecule has 118 valence electrons. The molecule has 9 heteroatoms. The summed E-state index contributed by atoms with van der Waals surface area (Å²) in [4.78, 5) is 0. The molecule has 0 aromatic heterocycles. The normalized spacial score (nSPS) is 12.5. The van der Waals surface area contributed by atoms with Crippen molar-refractivity contribution in [1.82, 2.24) is 0 Å². The van der Waals surface area contributed by atoms with Crippen LogP contribution in [0.25, 0.3) is 0 Å². The first-order chi connectivity index (χ1) is 9.83. The zero-order valence-corrected chi connectivity index (χ0v) is 10.9. The highest BCUT2D eigenvalue weighted by Gasteiger charge is 2.27. The van der Waals surface area contributed by atoms with Crippen LogP contribution in [-0.4, -0.2) is 37.0 Å². The van der Waals surface area contributed by atoms with E-state index in [4.69, 9.17) is 15.7 Å². The highest BCUT2D eigenvalue weighted by atomic mass is 19.4. The number of alkyl halides is 3. The van der Waals surface area contributed by atoms with Crippen molar-refractivity contribution in [2.45, 2.75) is 12.6 Å². The van der Waals surface area contributed by atoms with E-state index in [1.807, 2.05) is 0 Å². The van der Waals surface area contributed by atoms with E-state index in [-0.39, 0.29) is 36.8 Å². The van der Waals surface area contributed by atoms with Gasteiger partial charge in [0.05, 0.1) is 13.2 Å². The highest BCUT2D eigenvalue weighted by molar-refractivity contribution is 5.97. The molecule has 0 atom stereocenters. The van der Waals surface area contributed by atoms with Gasteiger partial charge in [0.2, 0.25) is 0 Å². The molecule has 1 aromatic rings. The molecule has 0 fully saturated rings. The van der Waals surface area contributed by atoms with Gasteiger partial charge in [-0.25, -0.2) is 4.39 Å². The van der Waals surface area contributed by atoms with Crippen molar-refractivity contribution in [3.63, 3.8) is 0 Å². The van der Waals surface area contributed by atoms with Gasteiger partial charge in [0.15, 0.2) is 17.4 Å². The van der Waals surface area contributed by atoms with Gasteiger partial charge in [-0.05, 0) is 18.2 Å². The molecule has 0 aliphatic rings. The van der Waals surface area contributed by atoms with Crippen LogP contribution in [0, 0.1) is 5.82 Å². The summed E-state index contributed by atoms with van der Waals surface area (Å²) in [5, 5.41) is 11.2. The molecule has 0 unspecified atom stereocenters. The lowest BCUT2D eigenvalue weighted by atomic mass is 10.2. The Hall–Kier alpha value is -2.03. The number of nitrogens with two attached hydrogens (primary N) is 1. The lowest BCUT2D eigenvalue weighted by Gasteiger charge is -2.09. The van der Waals surface area contributed by atoms with Crippen LogP contribution in [0.4, 0.5) is 17.6 Å². The first-order valence-electron chi connectivity index (χ1n) is 5.88. The average molecular weight is 310 g/mol. The molecule has 0 saturated heterocycles. The predicted molar refractivity (Wildman–Crippen MR) is 65.9 cm³/mol. The third kappa shape index (κ3) is 6.30. The van der Waals surface area contributed by atoms with E-state index in [1.165, 1.54) is 12.1 Å². The first-order valence-corrected chi connectivity index (χ1v) is 5.88. The van der Waals surface area contributed by atoms with Crippen LogP contribution in [0.5, 0.6) is 5.75 Å². The van der Waals surface area contributed by atoms with E-state index >= 15 is 0 Å². The minimum absolute atomic E-state index is 0.00229. The van der Waals surface area contributed by atoms with Crippen molar-refractivity contribution in [2.24, 2.45) is 10.9 Å². The molecule has 0 aliphatic heterocycles. The van der Waals surface area contributed by atoms with Crippen LogP contribution >= 0.6 is 0 Å². The predicted octanol–water partition coefficient (Wildman–Crippen LogP) is 2.27. The van der Waals surface area contributed by atoms with Crippen molar-refractivity contribution in [2.75, 3.05) is 19.8 Å². The van der Waals surface area contributed by atoms with Gasteiger partial charge in [0, 0.05) is 12.0 Å². The quantitative estimate of drug-likeness (QED) is 0.202. The summed E-state index contributed by atoms with van der Waals surface area (Å²) < 4.78 is 58.3. The summed E-state index contributed by atoms with van der Waals surface area (Å²) in [7, 11) is 0. The number of rotatable bonds is 7. The molecule has 1 aromatic carbocycles. The van der Waals surface area contributed by atoms with Gasteiger partial charge < -0.3 is 20.4 Å². The number of benzene rings is 1. The Labute approximate surface area is 117 Å². The van der Waals surface area contributed by atoms with E-state index in [1.54, 1.807) is 0 Å². The van der Waals surface area contributed by atoms with Gasteiger partial charge in [-0.3, -0.25) is 0 Å². The smallest absolute Gasteiger partial charge is 0.411 e. The van der Waals surface area contributed by atoms with Crippen LogP contribution in [0.3, 0.4) is 0 Å². The molecule has 0 radical (unpaired) electrons. The highest BCUT2D eigenvalue weighted by Crippen LogP contribution is 2.18. The maximum Gasteiger partial charge on any atom is 0.411 e. The number of nitrogens with zero attached hydrogens (tertiary/aromatic N) is 1. The van der Waals surface area contributed by atoms with E-state index < -0.39 is 18.6 Å². The fourth-order valence-corrected chi connectivity index (χ4v) is 1.37. The van der Waals surface area contributed by atoms with Crippen molar-refractivity contribution in [3.8, 4) is 5.75 Å². The van der Waals surface area contributed by atoms with Gasteiger partial charge in [-0.1, -0.05) is 5.16 Å². The van der Waals surface area contributed by atoms with E-state index in [0.29, 0.717) is 0 Å². The SMILES string of the molecule is N/C(=N/O)c1ccc(OCCCOCC(F)(F)F)c(F)c1. The zero-order valence-electron chi connectivity index (χ0n) is 10.9. The van der Waals surface area contributed by atoms with Gasteiger partial charge in [-0.15, -0.1) is 0 Å². The summed E-state index contributed by atoms with van der Waals surface area (Å²) in [6, 6.07) is 3.68. The Kier molecular flexibility index (Phi) is 6.22. The molecule has 0 heterocycles. The van der Waals surface area contributed by atoms with Crippen LogP contribution < -0.4 is 10.5 Å².